The van der Waals surface area contributed by atoms with Gasteiger partial charge in [0.25, 0.3) is 0 Å². The number of halogens is 5. The molecule has 0 aliphatic carbocycles. The van der Waals surface area contributed by atoms with E-state index in [9.17, 15) is 26.7 Å². The minimum Gasteiger partial charge on any atom is -0.465 e. The minimum atomic E-state index is -5.55. The van der Waals surface area contributed by atoms with E-state index in [0.29, 0.717) is 12.8 Å². The summed E-state index contributed by atoms with van der Waals surface area (Å²) in [5, 5.41) is -0.690. The van der Waals surface area contributed by atoms with Crippen LogP contribution in [0.2, 0.25) is 0 Å². The molecule has 0 fully saturated rings. The topological polar surface area (TPSA) is 26.3 Å². The molecule has 0 radical (unpaired) electrons. The van der Waals surface area contributed by atoms with Gasteiger partial charge < -0.3 is 4.74 Å². The fourth-order valence-corrected chi connectivity index (χ4v) is 2.86. The monoisotopic (exact) mass is 364 g/mol. The lowest BCUT2D eigenvalue weighted by molar-refractivity contribution is -0.282. The summed E-state index contributed by atoms with van der Waals surface area (Å²) in [4.78, 5) is 11.9. The average molecular weight is 364 g/mol. The van der Waals surface area contributed by atoms with Crippen LogP contribution in [-0.2, 0) is 9.53 Å². The van der Waals surface area contributed by atoms with Crippen molar-refractivity contribution in [2.45, 2.75) is 70.2 Å². The number of hydrogen-bond acceptors (Lipinski definition) is 3. The molecule has 0 saturated carbocycles. The van der Waals surface area contributed by atoms with E-state index in [1.165, 1.54) is 0 Å². The van der Waals surface area contributed by atoms with Crippen molar-refractivity contribution in [2.24, 2.45) is 5.92 Å². The third kappa shape index (κ3) is 9.37. The molecule has 23 heavy (non-hydrogen) atoms. The van der Waals surface area contributed by atoms with Crippen LogP contribution >= 0.6 is 11.8 Å². The highest BCUT2D eigenvalue weighted by molar-refractivity contribution is 8.00. The molecule has 138 valence electrons. The predicted octanol–water partition coefficient (Wildman–Crippen LogP) is 5.46. The number of esters is 1. The smallest absolute Gasteiger partial charge is 0.453 e. The Morgan fingerprint density at radius 3 is 2.22 bits per heavy atom. The molecule has 0 N–H and O–H groups in total. The highest BCUT2D eigenvalue weighted by Gasteiger charge is 2.56. The molecule has 0 aliphatic heterocycles. The number of alkyl halides is 5. The van der Waals surface area contributed by atoms with Crippen LogP contribution in [0.5, 0.6) is 0 Å². The molecule has 0 aromatic heterocycles. The first-order chi connectivity index (χ1) is 10.5. The van der Waals surface area contributed by atoms with Gasteiger partial charge in [-0.15, -0.1) is 11.8 Å². The summed E-state index contributed by atoms with van der Waals surface area (Å²) in [6.45, 7) is 5.90. The Morgan fingerprint density at radius 2 is 1.74 bits per heavy atom. The van der Waals surface area contributed by atoms with E-state index in [4.69, 9.17) is 4.74 Å². The van der Waals surface area contributed by atoms with Gasteiger partial charge in [-0.3, -0.25) is 4.79 Å². The van der Waals surface area contributed by atoms with Gasteiger partial charge in [0, 0.05) is 12.2 Å². The van der Waals surface area contributed by atoms with E-state index < -0.39 is 35.5 Å². The van der Waals surface area contributed by atoms with Crippen molar-refractivity contribution in [3.8, 4) is 0 Å². The molecular formula is C15H25F5O2S. The Balaban J connectivity index is 4.48. The summed E-state index contributed by atoms with van der Waals surface area (Å²) in [5.74, 6) is -5.57. The number of hydrogen-bond donors (Lipinski definition) is 0. The highest BCUT2D eigenvalue weighted by atomic mass is 32.2. The normalized spacial score (nSPS) is 14.1. The van der Waals surface area contributed by atoms with Crippen LogP contribution in [0, 0.1) is 5.92 Å². The summed E-state index contributed by atoms with van der Waals surface area (Å²) in [6.07, 6.45) is -3.96. The largest absolute Gasteiger partial charge is 0.465 e. The molecule has 2 nitrogen and oxygen atoms in total. The van der Waals surface area contributed by atoms with Crippen LogP contribution in [0.1, 0.15) is 52.9 Å². The van der Waals surface area contributed by atoms with Crippen LogP contribution < -0.4 is 0 Å². The van der Waals surface area contributed by atoms with Gasteiger partial charge in [-0.1, -0.05) is 40.0 Å². The molecule has 0 aliphatic rings. The van der Waals surface area contributed by atoms with Gasteiger partial charge in [-0.25, -0.2) is 0 Å². The Morgan fingerprint density at radius 1 is 1.13 bits per heavy atom. The van der Waals surface area contributed by atoms with E-state index in [-0.39, 0.29) is 12.5 Å². The molecule has 8 heteroatoms. The summed E-state index contributed by atoms with van der Waals surface area (Å²) < 4.78 is 67.2. The SMILES string of the molecule is CCCCCC(SCCC(F)(F)C(F)(F)F)C(=O)OCC(C)C. The zero-order valence-corrected chi connectivity index (χ0v) is 14.5. The van der Waals surface area contributed by atoms with E-state index in [0.717, 1.165) is 24.6 Å². The number of thioether (sulfide) groups is 1. The van der Waals surface area contributed by atoms with Crippen molar-refractivity contribution in [3.05, 3.63) is 0 Å². The first-order valence-corrected chi connectivity index (χ1v) is 8.79. The minimum absolute atomic E-state index is 0.134. The summed E-state index contributed by atoms with van der Waals surface area (Å²) >= 11 is 0.820. The zero-order valence-electron chi connectivity index (χ0n) is 13.7. The lowest BCUT2D eigenvalue weighted by Gasteiger charge is -2.21. The van der Waals surface area contributed by atoms with Gasteiger partial charge in [0.1, 0.15) is 5.25 Å². The second-order valence-electron chi connectivity index (χ2n) is 5.83. The summed E-state index contributed by atoms with van der Waals surface area (Å²) in [7, 11) is 0. The molecular weight excluding hydrogens is 339 g/mol. The molecule has 0 amide bonds. The fourth-order valence-electron chi connectivity index (χ4n) is 1.66. The van der Waals surface area contributed by atoms with E-state index in [2.05, 4.69) is 0 Å². The molecule has 1 unspecified atom stereocenters. The first kappa shape index (κ1) is 22.5. The van der Waals surface area contributed by atoms with Crippen LogP contribution in [0.15, 0.2) is 0 Å². The Kier molecular flexibility index (Phi) is 10.1. The van der Waals surface area contributed by atoms with Crippen molar-refractivity contribution < 1.29 is 31.5 Å². The van der Waals surface area contributed by atoms with Crippen molar-refractivity contribution >= 4 is 17.7 Å². The van der Waals surface area contributed by atoms with Gasteiger partial charge in [0.05, 0.1) is 6.61 Å². The molecule has 0 aromatic carbocycles. The maximum absolute atomic E-state index is 12.9. The number of unbranched alkanes of at least 4 members (excludes halogenated alkanes) is 2. The molecule has 0 bridgehead atoms. The van der Waals surface area contributed by atoms with E-state index in [1.807, 2.05) is 20.8 Å². The van der Waals surface area contributed by atoms with Crippen LogP contribution in [0.4, 0.5) is 22.0 Å². The summed E-state index contributed by atoms with van der Waals surface area (Å²) in [5.41, 5.74) is 0. The van der Waals surface area contributed by atoms with Crippen LogP contribution in [-0.4, -0.2) is 35.7 Å². The molecule has 1 atom stereocenters. The average Bonchev–Trinajstić information content (AvgIpc) is 2.41. The van der Waals surface area contributed by atoms with Gasteiger partial charge in [-0.2, -0.15) is 22.0 Å². The molecule has 0 saturated heterocycles. The predicted molar refractivity (Wildman–Crippen MR) is 81.8 cm³/mol. The maximum Gasteiger partial charge on any atom is 0.453 e. The van der Waals surface area contributed by atoms with Crippen molar-refractivity contribution in [2.75, 3.05) is 12.4 Å². The second kappa shape index (κ2) is 10.4. The van der Waals surface area contributed by atoms with Crippen LogP contribution in [0.3, 0.4) is 0 Å². The van der Waals surface area contributed by atoms with Crippen molar-refractivity contribution in [3.63, 3.8) is 0 Å². The third-order valence-corrected chi connectivity index (χ3v) is 4.31. The Labute approximate surface area is 138 Å². The first-order valence-electron chi connectivity index (χ1n) is 7.74. The Bertz CT molecular complexity index is 345. The van der Waals surface area contributed by atoms with Gasteiger partial charge >= 0.3 is 18.1 Å². The molecule has 0 spiro atoms. The molecule has 0 aromatic rings. The maximum atomic E-state index is 12.9. The van der Waals surface area contributed by atoms with Gasteiger partial charge in [-0.05, 0) is 12.3 Å². The number of rotatable bonds is 11. The van der Waals surface area contributed by atoms with E-state index in [1.54, 1.807) is 0 Å². The Hall–Kier alpha value is -0.530. The lowest BCUT2D eigenvalue weighted by atomic mass is 10.1. The third-order valence-electron chi connectivity index (χ3n) is 3.04. The van der Waals surface area contributed by atoms with Gasteiger partial charge in [0.2, 0.25) is 0 Å². The molecule has 0 rings (SSSR count). The lowest BCUT2D eigenvalue weighted by Crippen LogP contribution is -2.37. The second-order valence-corrected chi connectivity index (χ2v) is 7.14. The van der Waals surface area contributed by atoms with Gasteiger partial charge in [0.15, 0.2) is 0 Å². The standard InChI is InChI=1S/C15H25F5O2S/c1-4-5-6-7-12(13(21)22-10-11(2)3)23-9-8-14(16,17)15(18,19)20/h11-12H,4-10H2,1-3H3. The fraction of sp³-hybridized carbons (Fsp3) is 0.933. The highest BCUT2D eigenvalue weighted by Crippen LogP contribution is 2.39. The summed E-state index contributed by atoms with van der Waals surface area (Å²) in [6, 6.07) is 0. The number of ether oxygens (including phenoxy) is 1. The van der Waals surface area contributed by atoms with Crippen molar-refractivity contribution in [1.82, 2.24) is 0 Å². The number of carbonyl (C=O) groups is 1. The quantitative estimate of drug-likeness (QED) is 0.277. The van der Waals surface area contributed by atoms with E-state index >= 15 is 0 Å². The zero-order chi connectivity index (χ0) is 18.1. The van der Waals surface area contributed by atoms with Crippen LogP contribution in [0.25, 0.3) is 0 Å². The number of carbonyl (C=O) groups excluding carboxylic acids is 1. The van der Waals surface area contributed by atoms with Crippen molar-refractivity contribution in [1.29, 1.82) is 0 Å². The molecule has 0 heterocycles.